The van der Waals surface area contributed by atoms with Gasteiger partial charge >= 0.3 is 0 Å². The van der Waals surface area contributed by atoms with E-state index in [4.69, 9.17) is 5.26 Å². The molecule has 0 bridgehead atoms. The lowest BCUT2D eigenvalue weighted by Crippen LogP contribution is -2.41. The highest BCUT2D eigenvalue weighted by atomic mass is 16.3. The largest absolute Gasteiger partial charge is 0.389 e. The van der Waals surface area contributed by atoms with E-state index in [0.29, 0.717) is 13.0 Å². The molecule has 0 aromatic carbocycles. The van der Waals surface area contributed by atoms with Crippen molar-refractivity contribution in [1.29, 1.82) is 5.26 Å². The lowest BCUT2D eigenvalue weighted by Gasteiger charge is -2.30. The van der Waals surface area contributed by atoms with E-state index in [1.807, 2.05) is 11.9 Å². The van der Waals surface area contributed by atoms with Crippen molar-refractivity contribution in [2.45, 2.75) is 45.3 Å². The monoisotopic (exact) mass is 184 g/mol. The third-order valence-electron chi connectivity index (χ3n) is 2.06. The Bertz CT molecular complexity index is 178. The fourth-order valence-electron chi connectivity index (χ4n) is 1.46. The molecule has 0 aliphatic heterocycles. The maximum Gasteiger partial charge on any atom is 0.0718 e. The highest BCUT2D eigenvalue weighted by molar-refractivity contribution is 4.83. The lowest BCUT2D eigenvalue weighted by atomic mass is 10.1. The van der Waals surface area contributed by atoms with Gasteiger partial charge in [0.05, 0.1) is 18.1 Å². The Balaban J connectivity index is 4.07. The Morgan fingerprint density at radius 3 is 2.38 bits per heavy atom. The van der Waals surface area contributed by atoms with Crippen LogP contribution in [0, 0.1) is 11.3 Å². The molecule has 0 fully saturated rings. The Morgan fingerprint density at radius 1 is 1.54 bits per heavy atom. The third-order valence-corrected chi connectivity index (χ3v) is 2.06. The molecule has 0 radical (unpaired) electrons. The van der Waals surface area contributed by atoms with Gasteiger partial charge in [-0.2, -0.15) is 5.26 Å². The third kappa shape index (κ3) is 5.62. The molecule has 3 nitrogen and oxygen atoms in total. The predicted octanol–water partition coefficient (Wildman–Crippen LogP) is 1.38. The second-order valence-corrected chi connectivity index (χ2v) is 4.15. The van der Waals surface area contributed by atoms with Crippen LogP contribution in [0.4, 0.5) is 0 Å². The zero-order valence-electron chi connectivity index (χ0n) is 9.04. The molecule has 0 heterocycles. The van der Waals surface area contributed by atoms with Gasteiger partial charge in [-0.15, -0.1) is 0 Å². The molecule has 0 aliphatic carbocycles. The summed E-state index contributed by atoms with van der Waals surface area (Å²) < 4.78 is 0. The highest BCUT2D eigenvalue weighted by Gasteiger charge is 2.20. The zero-order valence-corrected chi connectivity index (χ0v) is 9.04. The molecular formula is C10H20N2O. The second-order valence-electron chi connectivity index (χ2n) is 4.15. The molecule has 13 heavy (non-hydrogen) atoms. The van der Waals surface area contributed by atoms with Gasteiger partial charge in [-0.25, -0.2) is 0 Å². The van der Waals surface area contributed by atoms with Crippen LogP contribution >= 0.6 is 0 Å². The van der Waals surface area contributed by atoms with Crippen LogP contribution in [0.15, 0.2) is 0 Å². The van der Waals surface area contributed by atoms with Crippen LogP contribution in [0.3, 0.4) is 0 Å². The smallest absolute Gasteiger partial charge is 0.0718 e. The number of hydrogen-bond acceptors (Lipinski definition) is 3. The topological polar surface area (TPSA) is 47.3 Å². The molecule has 0 rings (SSSR count). The molecule has 1 unspecified atom stereocenters. The zero-order chi connectivity index (χ0) is 10.5. The summed E-state index contributed by atoms with van der Waals surface area (Å²) in [5, 5.41) is 18.2. The first-order valence-corrected chi connectivity index (χ1v) is 4.70. The van der Waals surface area contributed by atoms with Gasteiger partial charge in [0.15, 0.2) is 0 Å². The van der Waals surface area contributed by atoms with Gasteiger partial charge in [0.25, 0.3) is 0 Å². The van der Waals surface area contributed by atoms with Gasteiger partial charge in [0, 0.05) is 12.6 Å². The van der Waals surface area contributed by atoms with Gasteiger partial charge < -0.3 is 5.11 Å². The molecule has 1 N–H and O–H groups in total. The maximum atomic E-state index is 9.58. The summed E-state index contributed by atoms with van der Waals surface area (Å²) >= 11 is 0. The average Bonchev–Trinajstić information content (AvgIpc) is 1.96. The van der Waals surface area contributed by atoms with Crippen molar-refractivity contribution in [1.82, 2.24) is 4.90 Å². The van der Waals surface area contributed by atoms with Gasteiger partial charge in [0.1, 0.15) is 0 Å². The van der Waals surface area contributed by atoms with Crippen molar-refractivity contribution in [2.24, 2.45) is 0 Å². The molecule has 0 saturated heterocycles. The van der Waals surface area contributed by atoms with E-state index in [9.17, 15) is 5.11 Å². The minimum atomic E-state index is -0.683. The molecule has 1 atom stereocenters. The molecule has 0 spiro atoms. The number of aliphatic hydroxyl groups is 1. The van der Waals surface area contributed by atoms with Crippen LogP contribution in [0.2, 0.25) is 0 Å². The molecule has 3 heteroatoms. The van der Waals surface area contributed by atoms with Gasteiger partial charge in [0.2, 0.25) is 0 Å². The van der Waals surface area contributed by atoms with E-state index >= 15 is 0 Å². The molecular weight excluding hydrogens is 164 g/mol. The number of nitrogens with zero attached hydrogens (tertiary/aromatic N) is 2. The van der Waals surface area contributed by atoms with Gasteiger partial charge in [-0.05, 0) is 27.3 Å². The first-order valence-electron chi connectivity index (χ1n) is 4.70. The quantitative estimate of drug-likeness (QED) is 0.702. The Hall–Kier alpha value is -0.590. The molecule has 0 aromatic heterocycles. The fourth-order valence-corrected chi connectivity index (χ4v) is 1.46. The molecule has 0 aromatic rings. The SMILES string of the molecule is CCC(CC#N)N(C)CC(C)(C)O. The van der Waals surface area contributed by atoms with Gasteiger partial charge in [-0.3, -0.25) is 4.90 Å². The minimum absolute atomic E-state index is 0.261. The highest BCUT2D eigenvalue weighted by Crippen LogP contribution is 2.10. The Labute approximate surface area is 81.0 Å². The summed E-state index contributed by atoms with van der Waals surface area (Å²) in [5.41, 5.74) is -0.683. The van der Waals surface area contributed by atoms with Crippen molar-refractivity contribution in [2.75, 3.05) is 13.6 Å². The van der Waals surface area contributed by atoms with Crippen LogP contribution in [0.25, 0.3) is 0 Å². The summed E-state index contributed by atoms with van der Waals surface area (Å²) in [4.78, 5) is 2.04. The van der Waals surface area contributed by atoms with Crippen LogP contribution in [-0.2, 0) is 0 Å². The van der Waals surface area contributed by atoms with E-state index in [2.05, 4.69) is 13.0 Å². The standard InChI is InChI=1S/C10H20N2O/c1-5-9(6-7-11)12(4)8-10(2,3)13/h9,13H,5-6,8H2,1-4H3. The summed E-state index contributed by atoms with van der Waals surface area (Å²) in [5.74, 6) is 0. The van der Waals surface area contributed by atoms with Crippen molar-refractivity contribution in [3.05, 3.63) is 0 Å². The normalized spacial score (nSPS) is 14.2. The summed E-state index contributed by atoms with van der Waals surface area (Å²) in [6.07, 6.45) is 1.48. The Morgan fingerprint density at radius 2 is 2.08 bits per heavy atom. The Kier molecular flexibility index (Phi) is 4.97. The number of nitriles is 1. The van der Waals surface area contributed by atoms with E-state index in [1.54, 1.807) is 13.8 Å². The van der Waals surface area contributed by atoms with Crippen molar-refractivity contribution >= 4 is 0 Å². The van der Waals surface area contributed by atoms with Crippen LogP contribution < -0.4 is 0 Å². The predicted molar refractivity (Wildman–Crippen MR) is 53.2 cm³/mol. The summed E-state index contributed by atoms with van der Waals surface area (Å²) in [7, 11) is 1.95. The first-order chi connectivity index (χ1) is 5.90. The molecule has 76 valence electrons. The minimum Gasteiger partial charge on any atom is -0.389 e. The van der Waals surface area contributed by atoms with Crippen LogP contribution in [0.5, 0.6) is 0 Å². The number of hydrogen-bond donors (Lipinski definition) is 1. The number of likely N-dealkylation sites (N-methyl/N-ethyl adjacent to an activating group) is 1. The summed E-state index contributed by atoms with van der Waals surface area (Å²) in [6, 6.07) is 2.42. The van der Waals surface area contributed by atoms with E-state index in [0.717, 1.165) is 6.42 Å². The van der Waals surface area contributed by atoms with Crippen molar-refractivity contribution in [3.63, 3.8) is 0 Å². The van der Waals surface area contributed by atoms with Crippen LogP contribution in [-0.4, -0.2) is 35.2 Å². The molecule has 0 amide bonds. The van der Waals surface area contributed by atoms with Crippen molar-refractivity contribution in [3.8, 4) is 6.07 Å². The lowest BCUT2D eigenvalue weighted by molar-refractivity contribution is 0.0312. The first kappa shape index (κ1) is 12.4. The van der Waals surface area contributed by atoms with E-state index in [1.165, 1.54) is 0 Å². The molecule has 0 saturated carbocycles. The summed E-state index contributed by atoms with van der Waals surface area (Å²) in [6.45, 7) is 6.22. The van der Waals surface area contributed by atoms with E-state index in [-0.39, 0.29) is 6.04 Å². The van der Waals surface area contributed by atoms with Crippen molar-refractivity contribution < 1.29 is 5.11 Å². The maximum absolute atomic E-state index is 9.58. The van der Waals surface area contributed by atoms with Crippen LogP contribution in [0.1, 0.15) is 33.6 Å². The van der Waals surface area contributed by atoms with E-state index < -0.39 is 5.60 Å². The fraction of sp³-hybridized carbons (Fsp3) is 0.900. The average molecular weight is 184 g/mol. The second kappa shape index (κ2) is 5.21. The van der Waals surface area contributed by atoms with Gasteiger partial charge in [-0.1, -0.05) is 6.92 Å². The number of rotatable bonds is 5. The molecule has 0 aliphatic rings.